The van der Waals surface area contributed by atoms with Gasteiger partial charge in [0.15, 0.2) is 24.8 Å². The molecule has 8 aliphatic rings. The number of esters is 2. The van der Waals surface area contributed by atoms with Gasteiger partial charge in [0.1, 0.15) is 30.5 Å². The topological polar surface area (TPSA) is 240 Å². The number of hydrogen-bond acceptors (Lipinski definition) is 16. The number of hydrogen-bond donors (Lipinski definition) is 7. The zero-order valence-electron chi connectivity index (χ0n) is 37.3. The second-order valence-corrected chi connectivity index (χ2v) is 22.3. The van der Waals surface area contributed by atoms with E-state index in [2.05, 4.69) is 34.6 Å². The SMILES string of the molecule is CC(=O)O[C@@H]1[C@H](O[C@H]2CC[C@]34C[C@]35CC[C@@]3(C)[C@H]([C@]6(C)C[C@@H](C(C)(C)O)CO6)[C@H](O)C[C@@]3(C)[C@@H]5C[C@@H](O[C@@H]3O[C@@H](CO)[C@H](O)[C@@H](O)[C@H]3O)[C@@H]4C2(C)C)OC[C@@H](O)[C@H]1OC(C)=O. The highest BCUT2D eigenvalue weighted by Gasteiger charge is 2.85. The van der Waals surface area contributed by atoms with Crippen LogP contribution in [0.15, 0.2) is 0 Å². The van der Waals surface area contributed by atoms with E-state index < -0.39 is 109 Å². The summed E-state index contributed by atoms with van der Waals surface area (Å²) in [7, 11) is 0. The number of carbonyl (C=O) groups excluding carboxylic acids is 2. The first-order chi connectivity index (χ1) is 28.3. The number of carbonyl (C=O) groups is 2. The molecule has 3 saturated heterocycles. The van der Waals surface area contributed by atoms with Gasteiger partial charge in [-0.05, 0) is 111 Å². The predicted molar refractivity (Wildman–Crippen MR) is 213 cm³/mol. The Morgan fingerprint density at radius 3 is 2.05 bits per heavy atom. The normalized spacial score (nSPS) is 53.8. The van der Waals surface area contributed by atoms with E-state index in [1.54, 1.807) is 0 Å². The molecule has 0 radical (unpaired) electrons. The van der Waals surface area contributed by atoms with Crippen LogP contribution >= 0.6 is 0 Å². The Hall–Kier alpha value is -1.54. The molecule has 61 heavy (non-hydrogen) atoms. The molecule has 0 bridgehead atoms. The van der Waals surface area contributed by atoms with E-state index in [1.807, 2.05) is 13.8 Å². The maximum atomic E-state index is 12.4. The van der Waals surface area contributed by atoms with E-state index in [0.717, 1.165) is 25.7 Å². The molecule has 3 aliphatic heterocycles. The van der Waals surface area contributed by atoms with Crippen LogP contribution in [0, 0.1) is 50.7 Å². The van der Waals surface area contributed by atoms with Crippen molar-refractivity contribution >= 4 is 11.9 Å². The van der Waals surface area contributed by atoms with Crippen molar-refractivity contribution < 1.29 is 78.5 Å². The first-order valence-electron chi connectivity index (χ1n) is 22.6. The largest absolute Gasteiger partial charge is 0.455 e. The van der Waals surface area contributed by atoms with Crippen LogP contribution in [0.1, 0.15) is 114 Å². The average molecular weight is 869 g/mol. The second kappa shape index (κ2) is 15.3. The summed E-state index contributed by atoms with van der Waals surface area (Å²) in [4.78, 5) is 24.5. The molecule has 0 aromatic rings. The highest BCUT2D eigenvalue weighted by atomic mass is 16.7. The van der Waals surface area contributed by atoms with Crippen molar-refractivity contribution in [3.8, 4) is 0 Å². The zero-order valence-corrected chi connectivity index (χ0v) is 37.3. The van der Waals surface area contributed by atoms with E-state index in [9.17, 15) is 45.3 Å². The maximum Gasteiger partial charge on any atom is 0.303 e. The van der Waals surface area contributed by atoms with E-state index in [-0.39, 0.29) is 51.9 Å². The third-order valence-corrected chi connectivity index (χ3v) is 18.3. The van der Waals surface area contributed by atoms with Gasteiger partial charge in [-0.15, -0.1) is 0 Å². The highest BCUT2D eigenvalue weighted by molar-refractivity contribution is 5.67. The lowest BCUT2D eigenvalue weighted by Crippen LogP contribution is -2.65. The van der Waals surface area contributed by atoms with Gasteiger partial charge in [0, 0.05) is 25.7 Å². The third kappa shape index (κ3) is 6.89. The molecule has 0 aromatic heterocycles. The number of fused-ring (bicyclic) bond motifs is 2. The minimum atomic E-state index is -1.63. The highest BCUT2D eigenvalue weighted by Crippen LogP contribution is 2.89. The Kier molecular flexibility index (Phi) is 11.5. The van der Waals surface area contributed by atoms with Crippen molar-refractivity contribution in [1.82, 2.24) is 0 Å². The summed E-state index contributed by atoms with van der Waals surface area (Å²) in [5.41, 5.74) is -3.36. The Morgan fingerprint density at radius 1 is 0.754 bits per heavy atom. The van der Waals surface area contributed by atoms with Crippen LogP contribution in [0.3, 0.4) is 0 Å². The van der Waals surface area contributed by atoms with Gasteiger partial charge in [0.05, 0.1) is 49.3 Å². The standard InChI is InChI=1S/C45H72O16/c1-21(47)57-33-25(50)19-55-38(34(33)58-22(2)48)61-29-10-11-45-20-44(45)13-12-41(7)35(43(9)15-23(18-56-43)40(5,6)54)24(49)16-42(41,8)28(44)14-26(36(45)39(29,3)4)59-37-32(53)31(52)30(51)27(17-46)60-37/h23-38,46,49-54H,10-20H2,1-9H3/t23-,24-,25-,26-,27+,28+,29+,30+,31-,32-,33-,34+,35-,36-,37-,38+,41+,42+,43+,44+,45-/m1/s1. The molecule has 0 amide bonds. The van der Waals surface area contributed by atoms with Crippen molar-refractivity contribution in [1.29, 1.82) is 0 Å². The Bertz CT molecular complexity index is 1680. The van der Waals surface area contributed by atoms with Gasteiger partial charge in [-0.1, -0.05) is 27.7 Å². The van der Waals surface area contributed by atoms with Gasteiger partial charge in [-0.3, -0.25) is 9.59 Å². The second-order valence-electron chi connectivity index (χ2n) is 22.3. The Labute approximate surface area is 358 Å². The number of ether oxygens (including phenoxy) is 7. The molecule has 7 N–H and O–H groups in total. The van der Waals surface area contributed by atoms with Crippen molar-refractivity contribution in [2.24, 2.45) is 50.7 Å². The average Bonchev–Trinajstić information content (AvgIpc) is 3.52. The molecular formula is C45H72O16. The van der Waals surface area contributed by atoms with Crippen molar-refractivity contribution in [3.05, 3.63) is 0 Å². The quantitative estimate of drug-likeness (QED) is 0.129. The van der Waals surface area contributed by atoms with Crippen LogP contribution in [-0.4, -0.2) is 152 Å². The molecule has 0 unspecified atom stereocenters. The lowest BCUT2D eigenvalue weighted by atomic mass is 9.41. The summed E-state index contributed by atoms with van der Waals surface area (Å²) in [5.74, 6) is -1.74. The van der Waals surface area contributed by atoms with E-state index >= 15 is 0 Å². The van der Waals surface area contributed by atoms with Crippen LogP contribution < -0.4 is 0 Å². The van der Waals surface area contributed by atoms with E-state index in [0.29, 0.717) is 32.3 Å². The van der Waals surface area contributed by atoms with Gasteiger partial charge in [-0.25, -0.2) is 0 Å². The lowest BCUT2D eigenvalue weighted by Gasteiger charge is -2.65. The minimum absolute atomic E-state index is 0.0638. The predicted octanol–water partition coefficient (Wildman–Crippen LogP) is 1.72. The third-order valence-electron chi connectivity index (χ3n) is 18.3. The number of aliphatic hydroxyl groups is 7. The summed E-state index contributed by atoms with van der Waals surface area (Å²) < 4.78 is 43.5. The Balaban J connectivity index is 1.15. The molecule has 2 spiro atoms. The van der Waals surface area contributed by atoms with Gasteiger partial charge < -0.3 is 68.9 Å². The minimum Gasteiger partial charge on any atom is -0.455 e. The lowest BCUT2D eigenvalue weighted by molar-refractivity contribution is -0.339. The van der Waals surface area contributed by atoms with Crippen LogP contribution in [0.4, 0.5) is 0 Å². The van der Waals surface area contributed by atoms with Crippen LogP contribution in [-0.2, 0) is 42.7 Å². The molecule has 8 fully saturated rings. The zero-order chi connectivity index (χ0) is 44.6. The molecule has 21 atom stereocenters. The molecule has 3 heterocycles. The molecule has 16 nitrogen and oxygen atoms in total. The van der Waals surface area contributed by atoms with Crippen molar-refractivity contribution in [3.63, 3.8) is 0 Å². The smallest absolute Gasteiger partial charge is 0.303 e. The first-order valence-corrected chi connectivity index (χ1v) is 22.6. The fourth-order valence-electron chi connectivity index (χ4n) is 15.5. The summed E-state index contributed by atoms with van der Waals surface area (Å²) in [6.07, 6.45) is -8.23. The number of rotatable bonds is 9. The first kappa shape index (κ1) is 46.0. The fourth-order valence-corrected chi connectivity index (χ4v) is 15.5. The molecule has 0 aromatic carbocycles. The van der Waals surface area contributed by atoms with Crippen LogP contribution in [0.25, 0.3) is 0 Å². The molecule has 5 saturated carbocycles. The molecule has 8 rings (SSSR count). The molecule has 5 aliphatic carbocycles. The summed E-state index contributed by atoms with van der Waals surface area (Å²) >= 11 is 0. The van der Waals surface area contributed by atoms with Crippen molar-refractivity contribution in [2.45, 2.75) is 199 Å². The van der Waals surface area contributed by atoms with E-state index in [1.165, 1.54) is 13.8 Å². The van der Waals surface area contributed by atoms with Gasteiger partial charge in [-0.2, -0.15) is 0 Å². The summed E-state index contributed by atoms with van der Waals surface area (Å²) in [6.45, 7) is 16.6. The fraction of sp³-hybridized carbons (Fsp3) is 0.956. The van der Waals surface area contributed by atoms with E-state index in [4.69, 9.17) is 33.2 Å². The van der Waals surface area contributed by atoms with Gasteiger partial charge in [0.2, 0.25) is 0 Å². The summed E-state index contributed by atoms with van der Waals surface area (Å²) in [6, 6.07) is 0. The number of aliphatic hydroxyl groups excluding tert-OH is 6. The molecule has 348 valence electrons. The van der Waals surface area contributed by atoms with Crippen molar-refractivity contribution in [2.75, 3.05) is 19.8 Å². The molecular weight excluding hydrogens is 796 g/mol. The van der Waals surface area contributed by atoms with Gasteiger partial charge >= 0.3 is 11.9 Å². The van der Waals surface area contributed by atoms with Crippen LogP contribution in [0.5, 0.6) is 0 Å². The monoisotopic (exact) mass is 868 g/mol. The molecule has 16 heteroatoms. The summed E-state index contributed by atoms with van der Waals surface area (Å²) in [5, 5.41) is 77.1. The van der Waals surface area contributed by atoms with Gasteiger partial charge in [0.25, 0.3) is 0 Å². The van der Waals surface area contributed by atoms with Crippen LogP contribution in [0.2, 0.25) is 0 Å². The Morgan fingerprint density at radius 2 is 1.43 bits per heavy atom. The maximum absolute atomic E-state index is 12.4.